The van der Waals surface area contributed by atoms with Gasteiger partial charge in [-0.05, 0) is 32.0 Å². The molecule has 1 aromatic carbocycles. The monoisotopic (exact) mass is 277 g/mol. The van der Waals surface area contributed by atoms with Crippen LogP contribution >= 0.6 is 11.8 Å². The molecular formula is C13H15N3O2S. The number of aromatic nitrogens is 1. The Kier molecular flexibility index (Phi) is 4.11. The predicted molar refractivity (Wildman–Crippen MR) is 76.2 cm³/mol. The van der Waals surface area contributed by atoms with E-state index in [0.717, 1.165) is 11.5 Å². The SMILES string of the molecule is Cc1nc(SCC(=O)Nc2cccc(N)c2)oc1C. The van der Waals surface area contributed by atoms with Gasteiger partial charge in [0.1, 0.15) is 5.76 Å². The van der Waals surface area contributed by atoms with E-state index >= 15 is 0 Å². The van der Waals surface area contributed by atoms with Gasteiger partial charge >= 0.3 is 0 Å². The van der Waals surface area contributed by atoms with Gasteiger partial charge in [-0.3, -0.25) is 4.79 Å². The molecule has 100 valence electrons. The lowest BCUT2D eigenvalue weighted by atomic mass is 10.3. The molecule has 6 heteroatoms. The number of amides is 1. The van der Waals surface area contributed by atoms with E-state index in [1.165, 1.54) is 11.8 Å². The third-order valence-corrected chi connectivity index (χ3v) is 3.33. The van der Waals surface area contributed by atoms with E-state index < -0.39 is 0 Å². The van der Waals surface area contributed by atoms with Crippen LogP contribution in [0.25, 0.3) is 0 Å². The molecule has 0 spiro atoms. The van der Waals surface area contributed by atoms with Gasteiger partial charge in [0.15, 0.2) is 0 Å². The van der Waals surface area contributed by atoms with Crippen LogP contribution in [0.15, 0.2) is 33.9 Å². The van der Waals surface area contributed by atoms with E-state index in [0.29, 0.717) is 16.6 Å². The maximum absolute atomic E-state index is 11.7. The third-order valence-electron chi connectivity index (χ3n) is 2.51. The highest BCUT2D eigenvalue weighted by molar-refractivity contribution is 7.99. The van der Waals surface area contributed by atoms with Crippen molar-refractivity contribution >= 4 is 29.0 Å². The molecule has 2 rings (SSSR count). The first-order chi connectivity index (χ1) is 9.04. The first-order valence-electron chi connectivity index (χ1n) is 5.77. The third kappa shape index (κ3) is 3.75. The molecule has 0 fully saturated rings. The van der Waals surface area contributed by atoms with E-state index in [-0.39, 0.29) is 11.7 Å². The molecule has 0 aliphatic rings. The highest BCUT2D eigenvalue weighted by Crippen LogP contribution is 2.20. The summed E-state index contributed by atoms with van der Waals surface area (Å²) in [6.45, 7) is 3.72. The Morgan fingerprint density at radius 1 is 1.47 bits per heavy atom. The molecule has 2 aromatic rings. The van der Waals surface area contributed by atoms with Crippen molar-refractivity contribution in [3.05, 3.63) is 35.7 Å². The predicted octanol–water partition coefficient (Wildman–Crippen LogP) is 2.60. The van der Waals surface area contributed by atoms with E-state index in [9.17, 15) is 4.79 Å². The molecule has 0 atom stereocenters. The van der Waals surface area contributed by atoms with Crippen molar-refractivity contribution in [3.63, 3.8) is 0 Å². The standard InChI is InChI=1S/C13H15N3O2S/c1-8-9(2)18-13(15-8)19-7-12(17)16-11-5-3-4-10(14)6-11/h3-6H,7,14H2,1-2H3,(H,16,17). The lowest BCUT2D eigenvalue weighted by Crippen LogP contribution is -2.14. The topological polar surface area (TPSA) is 81.2 Å². The molecule has 1 amide bonds. The van der Waals surface area contributed by atoms with Crippen molar-refractivity contribution in [1.82, 2.24) is 4.98 Å². The minimum Gasteiger partial charge on any atom is -0.437 e. The molecule has 0 aliphatic carbocycles. The number of aryl methyl sites for hydroxylation is 2. The van der Waals surface area contributed by atoms with E-state index in [2.05, 4.69) is 10.3 Å². The molecule has 19 heavy (non-hydrogen) atoms. The van der Waals surface area contributed by atoms with Gasteiger partial charge in [0.2, 0.25) is 5.91 Å². The zero-order chi connectivity index (χ0) is 13.8. The van der Waals surface area contributed by atoms with Crippen LogP contribution in [0.4, 0.5) is 11.4 Å². The molecule has 0 saturated carbocycles. The lowest BCUT2D eigenvalue weighted by molar-refractivity contribution is -0.113. The van der Waals surface area contributed by atoms with Crippen molar-refractivity contribution in [2.24, 2.45) is 0 Å². The van der Waals surface area contributed by atoms with Crippen LogP contribution in [-0.4, -0.2) is 16.6 Å². The fourth-order valence-corrected chi connectivity index (χ4v) is 2.16. The van der Waals surface area contributed by atoms with E-state index in [1.54, 1.807) is 24.3 Å². The average Bonchev–Trinajstić information content (AvgIpc) is 2.66. The Morgan fingerprint density at radius 2 is 2.26 bits per heavy atom. The molecule has 1 aromatic heterocycles. The largest absolute Gasteiger partial charge is 0.437 e. The fraction of sp³-hybridized carbons (Fsp3) is 0.231. The number of benzene rings is 1. The number of hydrogen-bond donors (Lipinski definition) is 2. The Bertz CT molecular complexity index is 576. The van der Waals surface area contributed by atoms with Gasteiger partial charge in [-0.25, -0.2) is 4.98 Å². The second-order valence-corrected chi connectivity index (χ2v) is 5.01. The summed E-state index contributed by atoms with van der Waals surface area (Å²) >= 11 is 1.27. The lowest BCUT2D eigenvalue weighted by Gasteiger charge is -2.04. The van der Waals surface area contributed by atoms with Crippen molar-refractivity contribution in [2.45, 2.75) is 19.1 Å². The number of carbonyl (C=O) groups excluding carboxylic acids is 1. The number of nitrogens with one attached hydrogen (secondary N) is 1. The van der Waals surface area contributed by atoms with Crippen LogP contribution in [0.5, 0.6) is 0 Å². The number of carbonyl (C=O) groups is 1. The molecule has 0 aliphatic heterocycles. The smallest absolute Gasteiger partial charge is 0.256 e. The van der Waals surface area contributed by atoms with Crippen LogP contribution in [0, 0.1) is 13.8 Å². The van der Waals surface area contributed by atoms with Crippen molar-refractivity contribution in [1.29, 1.82) is 0 Å². The summed E-state index contributed by atoms with van der Waals surface area (Å²) < 4.78 is 5.39. The minimum absolute atomic E-state index is 0.121. The first-order valence-corrected chi connectivity index (χ1v) is 6.75. The second kappa shape index (κ2) is 5.79. The summed E-state index contributed by atoms with van der Waals surface area (Å²) in [5.74, 6) is 0.900. The Hall–Kier alpha value is -1.95. The number of nitrogens with two attached hydrogens (primary N) is 1. The Balaban J connectivity index is 1.88. The number of nitrogen functional groups attached to an aromatic ring is 1. The summed E-state index contributed by atoms with van der Waals surface area (Å²) in [7, 11) is 0. The van der Waals surface area contributed by atoms with Gasteiger partial charge in [-0.1, -0.05) is 17.8 Å². The first kappa shape index (κ1) is 13.5. The number of rotatable bonds is 4. The summed E-state index contributed by atoms with van der Waals surface area (Å²) in [6, 6.07) is 7.06. The molecular weight excluding hydrogens is 262 g/mol. The second-order valence-electron chi connectivity index (χ2n) is 4.08. The quantitative estimate of drug-likeness (QED) is 0.663. The molecule has 0 saturated heterocycles. The minimum atomic E-state index is -0.121. The zero-order valence-electron chi connectivity index (χ0n) is 10.8. The molecule has 0 radical (unpaired) electrons. The van der Waals surface area contributed by atoms with Crippen LogP contribution in [0.3, 0.4) is 0 Å². The number of oxazole rings is 1. The molecule has 1 heterocycles. The molecule has 3 N–H and O–H groups in total. The highest BCUT2D eigenvalue weighted by Gasteiger charge is 2.09. The maximum atomic E-state index is 11.7. The average molecular weight is 277 g/mol. The summed E-state index contributed by atoms with van der Waals surface area (Å²) in [5, 5.41) is 3.28. The fourth-order valence-electron chi connectivity index (χ4n) is 1.45. The number of thioether (sulfide) groups is 1. The van der Waals surface area contributed by atoms with Crippen molar-refractivity contribution in [2.75, 3.05) is 16.8 Å². The van der Waals surface area contributed by atoms with Crippen LogP contribution < -0.4 is 11.1 Å². The van der Waals surface area contributed by atoms with E-state index in [1.807, 2.05) is 13.8 Å². The van der Waals surface area contributed by atoms with Crippen LogP contribution in [0.1, 0.15) is 11.5 Å². The van der Waals surface area contributed by atoms with Gasteiger partial charge < -0.3 is 15.5 Å². The van der Waals surface area contributed by atoms with Crippen molar-refractivity contribution < 1.29 is 9.21 Å². The normalized spacial score (nSPS) is 10.4. The molecule has 5 nitrogen and oxygen atoms in total. The Morgan fingerprint density at radius 3 is 2.89 bits per heavy atom. The Labute approximate surface area is 115 Å². The molecule has 0 unspecified atom stereocenters. The molecule has 0 bridgehead atoms. The van der Waals surface area contributed by atoms with Gasteiger partial charge in [-0.2, -0.15) is 0 Å². The van der Waals surface area contributed by atoms with E-state index in [4.69, 9.17) is 10.2 Å². The van der Waals surface area contributed by atoms with Gasteiger partial charge in [0.25, 0.3) is 5.22 Å². The number of anilines is 2. The van der Waals surface area contributed by atoms with Gasteiger partial charge in [-0.15, -0.1) is 0 Å². The highest BCUT2D eigenvalue weighted by atomic mass is 32.2. The number of hydrogen-bond acceptors (Lipinski definition) is 5. The summed E-state index contributed by atoms with van der Waals surface area (Å²) in [6.07, 6.45) is 0. The maximum Gasteiger partial charge on any atom is 0.256 e. The van der Waals surface area contributed by atoms with Crippen LogP contribution in [-0.2, 0) is 4.79 Å². The van der Waals surface area contributed by atoms with Gasteiger partial charge in [0.05, 0.1) is 11.4 Å². The number of nitrogens with zero attached hydrogens (tertiary/aromatic N) is 1. The van der Waals surface area contributed by atoms with Gasteiger partial charge in [0, 0.05) is 11.4 Å². The summed E-state index contributed by atoms with van der Waals surface area (Å²) in [5.41, 5.74) is 7.78. The summed E-state index contributed by atoms with van der Waals surface area (Å²) in [4.78, 5) is 15.9. The zero-order valence-corrected chi connectivity index (χ0v) is 11.6. The van der Waals surface area contributed by atoms with Crippen LogP contribution in [0.2, 0.25) is 0 Å². The van der Waals surface area contributed by atoms with Crippen molar-refractivity contribution in [3.8, 4) is 0 Å².